The Morgan fingerprint density at radius 3 is 3.00 bits per heavy atom. The first-order chi connectivity index (χ1) is 5.77. The lowest BCUT2D eigenvalue weighted by molar-refractivity contribution is 0.199. The summed E-state index contributed by atoms with van der Waals surface area (Å²) in [6, 6.07) is 6.15. The number of aliphatic hydroxyl groups excluding tert-OH is 1. The predicted octanol–water partition coefficient (Wildman–Crippen LogP) is 2.31. The van der Waals surface area contributed by atoms with Gasteiger partial charge < -0.3 is 5.11 Å². The van der Waals surface area contributed by atoms with Crippen LogP contribution in [0.3, 0.4) is 0 Å². The second kappa shape index (κ2) is 2.76. The molecule has 1 unspecified atom stereocenters. The Kier molecular flexibility index (Phi) is 1.74. The number of aliphatic hydroxyl groups is 1. The summed E-state index contributed by atoms with van der Waals surface area (Å²) >= 11 is 0. The maximum atomic E-state index is 9.33. The molecule has 2 rings (SSSR count). The molecule has 1 N–H and O–H groups in total. The van der Waals surface area contributed by atoms with Gasteiger partial charge in [-0.1, -0.05) is 24.3 Å². The minimum Gasteiger partial charge on any atom is -0.389 e. The fourth-order valence-electron chi connectivity index (χ4n) is 1.53. The van der Waals surface area contributed by atoms with Gasteiger partial charge in [-0.25, -0.2) is 0 Å². The first kappa shape index (κ1) is 7.56. The molecule has 0 aromatic heterocycles. The number of benzene rings is 1. The normalized spacial score (nSPS) is 16.2. The lowest BCUT2D eigenvalue weighted by atomic mass is 10.0. The van der Waals surface area contributed by atoms with E-state index in [4.69, 9.17) is 0 Å². The maximum absolute atomic E-state index is 9.33. The van der Waals surface area contributed by atoms with E-state index in [-0.39, 0.29) is 6.10 Å². The van der Waals surface area contributed by atoms with Crippen molar-refractivity contribution < 1.29 is 5.11 Å². The van der Waals surface area contributed by atoms with Crippen molar-refractivity contribution in [3.8, 4) is 0 Å². The van der Waals surface area contributed by atoms with E-state index in [0.717, 1.165) is 12.0 Å². The molecule has 1 aromatic carbocycles. The first-order valence-corrected chi connectivity index (χ1v) is 4.25. The van der Waals surface area contributed by atoms with Crippen LogP contribution in [0.5, 0.6) is 0 Å². The van der Waals surface area contributed by atoms with Gasteiger partial charge in [0.25, 0.3) is 0 Å². The Bertz CT molecular complexity index is 324. The highest BCUT2D eigenvalue weighted by atomic mass is 16.3. The number of hydrogen-bond donors (Lipinski definition) is 1. The standard InChI is InChI=1S/C11H12O/c1-8(12)10-6-5-9-3-2-4-11(9)7-10/h2,4-8,12H,3H2,1H3. The van der Waals surface area contributed by atoms with E-state index in [9.17, 15) is 5.11 Å². The molecule has 0 heterocycles. The molecule has 62 valence electrons. The summed E-state index contributed by atoms with van der Waals surface area (Å²) in [5.74, 6) is 0. The largest absolute Gasteiger partial charge is 0.389 e. The summed E-state index contributed by atoms with van der Waals surface area (Å²) in [5, 5.41) is 9.33. The topological polar surface area (TPSA) is 20.2 Å². The van der Waals surface area contributed by atoms with Crippen LogP contribution in [-0.4, -0.2) is 5.11 Å². The Morgan fingerprint density at radius 2 is 2.25 bits per heavy atom. The monoisotopic (exact) mass is 160 g/mol. The summed E-state index contributed by atoms with van der Waals surface area (Å²) < 4.78 is 0. The summed E-state index contributed by atoms with van der Waals surface area (Å²) in [6.07, 6.45) is 4.94. The van der Waals surface area contributed by atoms with Gasteiger partial charge in [-0.3, -0.25) is 0 Å². The van der Waals surface area contributed by atoms with Gasteiger partial charge in [-0.2, -0.15) is 0 Å². The Labute approximate surface area is 72.4 Å². The molecular weight excluding hydrogens is 148 g/mol. The molecule has 0 spiro atoms. The number of allylic oxidation sites excluding steroid dienone is 1. The van der Waals surface area contributed by atoms with Crippen molar-refractivity contribution in [2.75, 3.05) is 0 Å². The van der Waals surface area contributed by atoms with Gasteiger partial charge in [0.1, 0.15) is 0 Å². The van der Waals surface area contributed by atoms with Gasteiger partial charge in [0.2, 0.25) is 0 Å². The first-order valence-electron chi connectivity index (χ1n) is 4.25. The van der Waals surface area contributed by atoms with Crippen LogP contribution in [0.25, 0.3) is 6.08 Å². The highest BCUT2D eigenvalue weighted by Gasteiger charge is 2.07. The molecule has 0 fully saturated rings. The van der Waals surface area contributed by atoms with Crippen molar-refractivity contribution in [1.82, 2.24) is 0 Å². The third-order valence-electron chi connectivity index (χ3n) is 2.29. The van der Waals surface area contributed by atoms with Crippen molar-refractivity contribution in [2.24, 2.45) is 0 Å². The molecule has 0 saturated carbocycles. The lowest BCUT2D eigenvalue weighted by Crippen LogP contribution is -1.92. The highest BCUT2D eigenvalue weighted by molar-refractivity contribution is 5.60. The second-order valence-corrected chi connectivity index (χ2v) is 3.24. The summed E-state index contributed by atoms with van der Waals surface area (Å²) in [7, 11) is 0. The molecule has 0 radical (unpaired) electrons. The van der Waals surface area contributed by atoms with E-state index in [2.05, 4.69) is 24.3 Å². The van der Waals surface area contributed by atoms with Crippen LogP contribution >= 0.6 is 0 Å². The van der Waals surface area contributed by atoms with Crippen molar-refractivity contribution in [3.05, 3.63) is 41.0 Å². The SMILES string of the molecule is CC(O)c1ccc2c(c1)C=CC2. The molecular formula is C11H12O. The molecule has 1 aliphatic rings. The van der Waals surface area contributed by atoms with Crippen molar-refractivity contribution in [2.45, 2.75) is 19.4 Å². The molecule has 0 amide bonds. The van der Waals surface area contributed by atoms with Crippen LogP contribution < -0.4 is 0 Å². The minimum atomic E-state index is -0.357. The molecule has 1 nitrogen and oxygen atoms in total. The second-order valence-electron chi connectivity index (χ2n) is 3.24. The Morgan fingerprint density at radius 1 is 1.42 bits per heavy atom. The van der Waals surface area contributed by atoms with Crippen LogP contribution in [-0.2, 0) is 6.42 Å². The summed E-state index contributed by atoms with van der Waals surface area (Å²) in [4.78, 5) is 0. The average molecular weight is 160 g/mol. The third kappa shape index (κ3) is 1.16. The predicted molar refractivity (Wildman–Crippen MR) is 49.8 cm³/mol. The van der Waals surface area contributed by atoms with Crippen molar-refractivity contribution >= 4 is 6.08 Å². The van der Waals surface area contributed by atoms with Gasteiger partial charge in [-0.05, 0) is 36.1 Å². The van der Waals surface area contributed by atoms with E-state index in [1.807, 2.05) is 6.07 Å². The van der Waals surface area contributed by atoms with Gasteiger partial charge in [-0.15, -0.1) is 0 Å². The van der Waals surface area contributed by atoms with Gasteiger partial charge in [0.05, 0.1) is 6.10 Å². The maximum Gasteiger partial charge on any atom is 0.0762 e. The lowest BCUT2D eigenvalue weighted by Gasteiger charge is -2.06. The van der Waals surface area contributed by atoms with Crippen molar-refractivity contribution in [3.63, 3.8) is 0 Å². The zero-order valence-corrected chi connectivity index (χ0v) is 7.12. The average Bonchev–Trinajstić information content (AvgIpc) is 2.49. The van der Waals surface area contributed by atoms with E-state index in [1.165, 1.54) is 11.1 Å². The molecule has 1 heteroatoms. The molecule has 0 aliphatic heterocycles. The highest BCUT2D eigenvalue weighted by Crippen LogP contribution is 2.23. The fraction of sp³-hybridized carbons (Fsp3) is 0.273. The number of fused-ring (bicyclic) bond motifs is 1. The van der Waals surface area contributed by atoms with E-state index in [0.29, 0.717) is 0 Å². The molecule has 12 heavy (non-hydrogen) atoms. The van der Waals surface area contributed by atoms with Crippen LogP contribution in [0.2, 0.25) is 0 Å². The zero-order valence-electron chi connectivity index (χ0n) is 7.12. The Balaban J connectivity index is 2.44. The number of hydrogen-bond acceptors (Lipinski definition) is 1. The van der Waals surface area contributed by atoms with Crippen LogP contribution in [0.15, 0.2) is 24.3 Å². The number of rotatable bonds is 1. The fourth-order valence-corrected chi connectivity index (χ4v) is 1.53. The molecule has 1 aliphatic carbocycles. The van der Waals surface area contributed by atoms with Crippen LogP contribution in [0, 0.1) is 0 Å². The Hall–Kier alpha value is -1.08. The summed E-state index contributed by atoms with van der Waals surface area (Å²) in [6.45, 7) is 1.79. The van der Waals surface area contributed by atoms with E-state index in [1.54, 1.807) is 6.92 Å². The molecule has 0 bridgehead atoms. The van der Waals surface area contributed by atoms with Crippen molar-refractivity contribution in [1.29, 1.82) is 0 Å². The minimum absolute atomic E-state index is 0.357. The van der Waals surface area contributed by atoms with Gasteiger partial charge in [0.15, 0.2) is 0 Å². The molecule has 0 saturated heterocycles. The van der Waals surface area contributed by atoms with Crippen LogP contribution in [0.1, 0.15) is 29.7 Å². The molecule has 1 atom stereocenters. The van der Waals surface area contributed by atoms with Crippen LogP contribution in [0.4, 0.5) is 0 Å². The van der Waals surface area contributed by atoms with Gasteiger partial charge >= 0.3 is 0 Å². The van der Waals surface area contributed by atoms with E-state index >= 15 is 0 Å². The smallest absolute Gasteiger partial charge is 0.0762 e. The van der Waals surface area contributed by atoms with Gasteiger partial charge in [0, 0.05) is 0 Å². The van der Waals surface area contributed by atoms with E-state index < -0.39 is 0 Å². The molecule has 1 aromatic rings. The zero-order chi connectivity index (χ0) is 8.55. The quantitative estimate of drug-likeness (QED) is 0.668. The summed E-state index contributed by atoms with van der Waals surface area (Å²) in [5.41, 5.74) is 3.62. The third-order valence-corrected chi connectivity index (χ3v) is 2.29.